The first-order valence-electron chi connectivity index (χ1n) is 8.23. The zero-order valence-electron chi connectivity index (χ0n) is 14.1. The van der Waals surface area contributed by atoms with Crippen LogP contribution in [0.5, 0.6) is 0 Å². The lowest BCUT2D eigenvalue weighted by atomic mass is 9.50. The number of thiocarbonyl (C=S) groups is 1. The van der Waals surface area contributed by atoms with Gasteiger partial charge in [-0.05, 0) is 53.9 Å². The van der Waals surface area contributed by atoms with Gasteiger partial charge in [-0.2, -0.15) is 0 Å². The normalized spacial score (nSPS) is 32.6. The van der Waals surface area contributed by atoms with Crippen LogP contribution in [-0.2, 0) is 5.41 Å². The molecule has 2 bridgehead atoms. The minimum absolute atomic E-state index is 0.397. The molecule has 22 heavy (non-hydrogen) atoms. The fourth-order valence-corrected chi connectivity index (χ4v) is 4.94. The van der Waals surface area contributed by atoms with E-state index >= 15 is 0 Å². The topological polar surface area (TPSA) is 26.0 Å². The first kappa shape index (κ1) is 17.2. The zero-order valence-corrected chi connectivity index (χ0v) is 15.0. The molecule has 1 aromatic carbocycles. The van der Waals surface area contributed by atoms with Gasteiger partial charge in [-0.3, -0.25) is 0 Å². The van der Waals surface area contributed by atoms with Gasteiger partial charge in [-0.1, -0.05) is 75.5 Å². The highest BCUT2D eigenvalue weighted by Crippen LogP contribution is 2.58. The Balaban J connectivity index is 0.000000545. The van der Waals surface area contributed by atoms with Crippen molar-refractivity contribution in [3.63, 3.8) is 0 Å². The van der Waals surface area contributed by atoms with Crippen LogP contribution in [0, 0.1) is 17.3 Å². The molecule has 0 aliphatic heterocycles. The average Bonchev–Trinajstić information content (AvgIpc) is 2.45. The van der Waals surface area contributed by atoms with Gasteiger partial charge in [0, 0.05) is 0 Å². The smallest absolute Gasteiger partial charge is 0.0588 e. The molecule has 3 rings (SSSR count). The average molecular weight is 316 g/mol. The molecule has 0 radical (unpaired) electrons. The summed E-state index contributed by atoms with van der Waals surface area (Å²) in [5, 5.41) is 0. The van der Waals surface area contributed by atoms with E-state index in [9.17, 15) is 0 Å². The fourth-order valence-electron chi connectivity index (χ4n) is 4.94. The summed E-state index contributed by atoms with van der Waals surface area (Å²) in [4.78, 5) is 0. The van der Waals surface area contributed by atoms with E-state index in [0.29, 0.717) is 16.7 Å². The third-order valence-electron chi connectivity index (χ3n) is 5.49. The lowest BCUT2D eigenvalue weighted by Gasteiger charge is -2.55. The van der Waals surface area contributed by atoms with Crippen LogP contribution in [0.2, 0.25) is 0 Å². The van der Waals surface area contributed by atoms with E-state index in [1.165, 1.54) is 31.3 Å². The van der Waals surface area contributed by atoms with Crippen molar-refractivity contribution in [2.24, 2.45) is 23.0 Å². The molecular weight excluding hydrogens is 286 g/mol. The summed E-state index contributed by atoms with van der Waals surface area (Å²) in [6.07, 6.45) is 5.27. The summed E-state index contributed by atoms with van der Waals surface area (Å²) in [6, 6.07) is 11.2. The molecule has 3 unspecified atom stereocenters. The molecule has 1 aromatic rings. The van der Waals surface area contributed by atoms with Crippen molar-refractivity contribution in [3.05, 3.63) is 48.0 Å². The Morgan fingerprint density at radius 2 is 1.77 bits per heavy atom. The Morgan fingerprint density at radius 1 is 1.18 bits per heavy atom. The van der Waals surface area contributed by atoms with Gasteiger partial charge >= 0.3 is 0 Å². The van der Waals surface area contributed by atoms with E-state index < -0.39 is 0 Å². The summed E-state index contributed by atoms with van der Waals surface area (Å²) >= 11 is 4.05. The standard InChI is InChI=1S/C19H26.CH3NS/c1-14-10-19(17-8-6-5-7-9-17)12-16(15(14)2)11-18(3,4)13-19;2-1-3/h5-9,14,16H,2,10-13H2,1,3-4H3;1H,(H2,2,3). The summed E-state index contributed by atoms with van der Waals surface area (Å²) in [5.74, 6) is 1.41. The Hall–Kier alpha value is -1.15. The molecule has 0 aromatic heterocycles. The molecule has 2 N–H and O–H groups in total. The van der Waals surface area contributed by atoms with Crippen molar-refractivity contribution in [1.82, 2.24) is 0 Å². The quantitative estimate of drug-likeness (QED) is 0.566. The number of nitrogens with two attached hydrogens (primary N) is 1. The van der Waals surface area contributed by atoms with Crippen LogP contribution in [0.25, 0.3) is 0 Å². The maximum Gasteiger partial charge on any atom is 0.0588 e. The van der Waals surface area contributed by atoms with Gasteiger partial charge in [0.15, 0.2) is 0 Å². The van der Waals surface area contributed by atoms with Gasteiger partial charge in [0.2, 0.25) is 0 Å². The molecule has 2 fully saturated rings. The number of fused-ring (bicyclic) bond motifs is 2. The summed E-state index contributed by atoms with van der Waals surface area (Å²) in [5.41, 5.74) is 9.54. The number of hydrogen-bond donors (Lipinski definition) is 1. The van der Waals surface area contributed by atoms with E-state index in [2.05, 4.69) is 75.6 Å². The van der Waals surface area contributed by atoms with Crippen LogP contribution in [0.15, 0.2) is 42.5 Å². The van der Waals surface area contributed by atoms with Crippen molar-refractivity contribution in [2.45, 2.75) is 51.9 Å². The molecule has 0 spiro atoms. The minimum atomic E-state index is 0.397. The molecule has 1 nitrogen and oxygen atoms in total. The first-order chi connectivity index (χ1) is 10.3. The molecule has 120 valence electrons. The monoisotopic (exact) mass is 315 g/mol. The van der Waals surface area contributed by atoms with E-state index in [0.717, 1.165) is 11.4 Å². The molecular formula is C20H29NS. The minimum Gasteiger partial charge on any atom is -0.396 e. The first-order valence-corrected chi connectivity index (χ1v) is 8.70. The van der Waals surface area contributed by atoms with Crippen molar-refractivity contribution in [1.29, 1.82) is 0 Å². The van der Waals surface area contributed by atoms with Gasteiger partial charge in [-0.25, -0.2) is 0 Å². The predicted octanol–water partition coefficient (Wildman–Crippen LogP) is 5.25. The van der Waals surface area contributed by atoms with Gasteiger partial charge in [0.1, 0.15) is 0 Å². The van der Waals surface area contributed by atoms with E-state index in [4.69, 9.17) is 0 Å². The van der Waals surface area contributed by atoms with Gasteiger partial charge < -0.3 is 5.73 Å². The zero-order chi connectivity index (χ0) is 16.4. The van der Waals surface area contributed by atoms with Gasteiger partial charge in [0.25, 0.3) is 0 Å². The van der Waals surface area contributed by atoms with Crippen LogP contribution < -0.4 is 5.73 Å². The second-order valence-electron chi connectivity index (χ2n) is 7.91. The second kappa shape index (κ2) is 6.54. The van der Waals surface area contributed by atoms with Crippen LogP contribution >= 0.6 is 12.2 Å². The number of rotatable bonds is 1. The predicted molar refractivity (Wildman–Crippen MR) is 100 cm³/mol. The fraction of sp³-hybridized carbons (Fsp3) is 0.550. The van der Waals surface area contributed by atoms with Gasteiger partial charge in [0.05, 0.1) is 5.49 Å². The molecule has 0 saturated heterocycles. The Morgan fingerprint density at radius 3 is 2.36 bits per heavy atom. The SMILES string of the molecule is C=C1C(C)CC2(c3ccccc3)CC1CC(C)(C)C2.NC=S. The number of benzene rings is 1. The van der Waals surface area contributed by atoms with E-state index in [-0.39, 0.29) is 0 Å². The number of allylic oxidation sites excluding steroid dienone is 1. The summed E-state index contributed by atoms with van der Waals surface area (Å²) < 4.78 is 0. The van der Waals surface area contributed by atoms with Crippen molar-refractivity contribution in [3.8, 4) is 0 Å². The van der Waals surface area contributed by atoms with Gasteiger partial charge in [-0.15, -0.1) is 0 Å². The molecule has 2 heteroatoms. The van der Waals surface area contributed by atoms with Crippen LogP contribution in [0.4, 0.5) is 0 Å². The molecule has 2 saturated carbocycles. The Kier molecular flexibility index (Phi) is 5.11. The lowest BCUT2D eigenvalue weighted by Crippen LogP contribution is -2.46. The van der Waals surface area contributed by atoms with Crippen molar-refractivity contribution in [2.75, 3.05) is 0 Å². The van der Waals surface area contributed by atoms with Crippen molar-refractivity contribution < 1.29 is 0 Å². The maximum absolute atomic E-state index is 4.54. The summed E-state index contributed by atoms with van der Waals surface area (Å²) in [7, 11) is 0. The largest absolute Gasteiger partial charge is 0.396 e. The molecule has 2 aliphatic carbocycles. The highest BCUT2D eigenvalue weighted by molar-refractivity contribution is 7.78. The molecule has 3 atom stereocenters. The molecule has 0 heterocycles. The molecule has 2 aliphatic rings. The Labute approximate surface area is 141 Å². The third-order valence-corrected chi connectivity index (χ3v) is 5.49. The van der Waals surface area contributed by atoms with Crippen molar-refractivity contribution >= 4 is 17.7 Å². The van der Waals surface area contributed by atoms with Crippen LogP contribution in [0.1, 0.15) is 52.0 Å². The van der Waals surface area contributed by atoms with E-state index in [1.54, 1.807) is 5.56 Å². The van der Waals surface area contributed by atoms with Crippen LogP contribution in [0.3, 0.4) is 0 Å². The highest BCUT2D eigenvalue weighted by Gasteiger charge is 2.49. The summed E-state index contributed by atoms with van der Waals surface area (Å²) in [6.45, 7) is 11.7. The maximum atomic E-state index is 4.54. The molecule has 0 amide bonds. The lowest BCUT2D eigenvalue weighted by molar-refractivity contribution is 0.0662. The number of hydrogen-bond acceptors (Lipinski definition) is 1. The highest BCUT2D eigenvalue weighted by atomic mass is 32.1. The second-order valence-corrected chi connectivity index (χ2v) is 8.18. The van der Waals surface area contributed by atoms with Crippen LogP contribution in [-0.4, -0.2) is 5.49 Å². The third kappa shape index (κ3) is 3.43. The van der Waals surface area contributed by atoms with E-state index in [1.807, 2.05) is 0 Å². The Bertz CT molecular complexity index is 530.